The van der Waals surface area contributed by atoms with Crippen molar-refractivity contribution in [2.45, 2.75) is 19.9 Å². The van der Waals surface area contributed by atoms with E-state index in [9.17, 15) is 14.4 Å². The van der Waals surface area contributed by atoms with E-state index in [0.29, 0.717) is 28.1 Å². The number of aromatic nitrogens is 2. The average molecular weight is 361 g/mol. The first-order chi connectivity index (χ1) is 11.5. The van der Waals surface area contributed by atoms with Crippen molar-refractivity contribution in [3.05, 3.63) is 50.0 Å². The second kappa shape index (κ2) is 7.06. The Morgan fingerprint density at radius 2 is 2.12 bits per heavy atom. The van der Waals surface area contributed by atoms with E-state index in [1.807, 2.05) is 11.4 Å². The number of Topliss-reactive ketones (excluding diaryl/α,β-unsaturated/α-hetero) is 1. The molecule has 0 saturated carbocycles. The van der Waals surface area contributed by atoms with Crippen LogP contribution in [0.3, 0.4) is 0 Å². The Morgan fingerprint density at radius 1 is 1.29 bits per heavy atom. The van der Waals surface area contributed by atoms with E-state index in [0.717, 1.165) is 4.88 Å². The number of carbonyl (C=O) groups excluding carboxylic acids is 2. The number of nitrogens with one attached hydrogen (secondary N) is 1. The Labute approximate surface area is 145 Å². The fourth-order valence-corrected chi connectivity index (χ4v) is 3.92. The molecule has 3 aromatic heterocycles. The Balaban J connectivity index is 1.70. The van der Waals surface area contributed by atoms with Crippen molar-refractivity contribution in [1.29, 1.82) is 0 Å². The van der Waals surface area contributed by atoms with Gasteiger partial charge in [-0.1, -0.05) is 0 Å². The molecule has 124 valence electrons. The molecule has 0 aromatic carbocycles. The minimum atomic E-state index is -0.197. The number of ketones is 1. The average Bonchev–Trinajstić information content (AvgIpc) is 3.19. The van der Waals surface area contributed by atoms with Crippen LogP contribution in [-0.2, 0) is 17.8 Å². The molecule has 0 aliphatic carbocycles. The van der Waals surface area contributed by atoms with Gasteiger partial charge < -0.3 is 5.32 Å². The lowest BCUT2D eigenvalue weighted by molar-refractivity contribution is -0.118. The fourth-order valence-electron chi connectivity index (χ4n) is 2.26. The zero-order valence-electron chi connectivity index (χ0n) is 12.9. The molecule has 0 fully saturated rings. The van der Waals surface area contributed by atoms with Crippen LogP contribution in [0.1, 0.15) is 21.5 Å². The standard InChI is InChI=1S/C16H15N3O3S2/c1-10(20)17-6-4-11-2-3-14(24-11)13(21)8-19-9-18-15-12(16(19)22)5-7-23-15/h2-3,5,7,9H,4,6,8H2,1H3,(H,17,20). The van der Waals surface area contributed by atoms with Gasteiger partial charge in [0.1, 0.15) is 4.83 Å². The van der Waals surface area contributed by atoms with Crippen LogP contribution in [0, 0.1) is 0 Å². The number of fused-ring (bicyclic) bond motifs is 1. The Bertz CT molecular complexity index is 955. The number of amides is 1. The lowest BCUT2D eigenvalue weighted by Gasteiger charge is -2.03. The predicted molar refractivity (Wildman–Crippen MR) is 94.9 cm³/mol. The number of hydrogen-bond acceptors (Lipinski definition) is 6. The van der Waals surface area contributed by atoms with Crippen LogP contribution in [0.5, 0.6) is 0 Å². The van der Waals surface area contributed by atoms with Gasteiger partial charge in [0, 0.05) is 18.3 Å². The molecule has 0 spiro atoms. The minimum Gasteiger partial charge on any atom is -0.356 e. The summed E-state index contributed by atoms with van der Waals surface area (Å²) >= 11 is 2.79. The summed E-state index contributed by atoms with van der Waals surface area (Å²) in [6, 6.07) is 5.36. The van der Waals surface area contributed by atoms with E-state index >= 15 is 0 Å². The highest BCUT2D eigenvalue weighted by molar-refractivity contribution is 7.16. The Kier molecular flexibility index (Phi) is 4.86. The van der Waals surface area contributed by atoms with Crippen molar-refractivity contribution in [1.82, 2.24) is 14.9 Å². The quantitative estimate of drug-likeness (QED) is 0.682. The first-order valence-corrected chi connectivity index (χ1v) is 9.03. The summed E-state index contributed by atoms with van der Waals surface area (Å²) in [6.45, 7) is 1.99. The van der Waals surface area contributed by atoms with Gasteiger partial charge in [0.15, 0.2) is 5.78 Å². The second-order valence-electron chi connectivity index (χ2n) is 5.24. The maximum absolute atomic E-state index is 12.4. The van der Waals surface area contributed by atoms with E-state index in [2.05, 4.69) is 10.3 Å². The predicted octanol–water partition coefficient (Wildman–Crippen LogP) is 2.08. The third kappa shape index (κ3) is 3.60. The zero-order chi connectivity index (χ0) is 17.1. The SMILES string of the molecule is CC(=O)NCCc1ccc(C(=O)Cn2cnc3sccc3c2=O)s1. The Morgan fingerprint density at radius 3 is 2.92 bits per heavy atom. The van der Waals surface area contributed by atoms with Gasteiger partial charge in [-0.15, -0.1) is 22.7 Å². The largest absolute Gasteiger partial charge is 0.356 e. The molecule has 6 nitrogen and oxygen atoms in total. The van der Waals surface area contributed by atoms with Gasteiger partial charge in [0.25, 0.3) is 5.56 Å². The molecule has 8 heteroatoms. The summed E-state index contributed by atoms with van der Waals surface area (Å²) in [7, 11) is 0. The first-order valence-electron chi connectivity index (χ1n) is 7.33. The molecular weight excluding hydrogens is 346 g/mol. The third-order valence-corrected chi connectivity index (χ3v) is 5.45. The smallest absolute Gasteiger partial charge is 0.262 e. The van der Waals surface area contributed by atoms with Gasteiger partial charge in [-0.25, -0.2) is 4.98 Å². The monoisotopic (exact) mass is 361 g/mol. The highest BCUT2D eigenvalue weighted by atomic mass is 32.1. The molecule has 0 aliphatic heterocycles. The summed E-state index contributed by atoms with van der Waals surface area (Å²) in [5.74, 6) is -0.192. The molecule has 0 saturated heterocycles. The normalized spacial score (nSPS) is 10.9. The van der Waals surface area contributed by atoms with E-state index in [1.165, 1.54) is 40.5 Å². The number of hydrogen-bond donors (Lipinski definition) is 1. The maximum Gasteiger partial charge on any atom is 0.262 e. The molecule has 3 rings (SSSR count). The van der Waals surface area contributed by atoms with Crippen LogP contribution >= 0.6 is 22.7 Å². The number of nitrogens with zero attached hydrogens (tertiary/aromatic N) is 2. The van der Waals surface area contributed by atoms with Crippen LogP contribution in [0.4, 0.5) is 0 Å². The molecule has 0 bridgehead atoms. The molecule has 1 amide bonds. The summed E-state index contributed by atoms with van der Waals surface area (Å²) in [5.41, 5.74) is -0.197. The molecule has 24 heavy (non-hydrogen) atoms. The van der Waals surface area contributed by atoms with Crippen LogP contribution in [-0.4, -0.2) is 27.8 Å². The van der Waals surface area contributed by atoms with Crippen molar-refractivity contribution >= 4 is 44.6 Å². The molecule has 3 heterocycles. The van der Waals surface area contributed by atoms with Crippen molar-refractivity contribution < 1.29 is 9.59 Å². The maximum atomic E-state index is 12.4. The minimum absolute atomic E-state index is 0.0245. The molecular formula is C16H15N3O3S2. The zero-order valence-corrected chi connectivity index (χ0v) is 14.6. The second-order valence-corrected chi connectivity index (χ2v) is 7.30. The Hall–Kier alpha value is -2.32. The van der Waals surface area contributed by atoms with E-state index in [-0.39, 0.29) is 23.8 Å². The van der Waals surface area contributed by atoms with Crippen LogP contribution in [0.2, 0.25) is 0 Å². The lowest BCUT2D eigenvalue weighted by atomic mass is 10.3. The summed E-state index contributed by atoms with van der Waals surface area (Å²) < 4.78 is 1.34. The highest BCUT2D eigenvalue weighted by Gasteiger charge is 2.13. The molecule has 0 atom stereocenters. The van der Waals surface area contributed by atoms with Crippen molar-refractivity contribution in [2.24, 2.45) is 0 Å². The van der Waals surface area contributed by atoms with Crippen molar-refractivity contribution in [3.63, 3.8) is 0 Å². The summed E-state index contributed by atoms with van der Waals surface area (Å²) in [5, 5.41) is 5.08. The number of thiophene rings is 2. The topological polar surface area (TPSA) is 81.1 Å². The fraction of sp³-hybridized carbons (Fsp3) is 0.250. The molecule has 0 radical (unpaired) electrons. The number of carbonyl (C=O) groups is 2. The summed E-state index contributed by atoms with van der Waals surface area (Å²) in [4.78, 5) is 42.1. The third-order valence-electron chi connectivity index (χ3n) is 3.45. The van der Waals surface area contributed by atoms with Gasteiger partial charge in [-0.3, -0.25) is 19.0 Å². The number of rotatable bonds is 6. The van der Waals surface area contributed by atoms with Crippen LogP contribution in [0.25, 0.3) is 10.2 Å². The summed E-state index contributed by atoms with van der Waals surface area (Å²) in [6.07, 6.45) is 2.10. The lowest BCUT2D eigenvalue weighted by Crippen LogP contribution is -2.23. The molecule has 3 aromatic rings. The van der Waals surface area contributed by atoms with E-state index in [1.54, 1.807) is 12.1 Å². The van der Waals surface area contributed by atoms with Gasteiger partial charge in [0.2, 0.25) is 5.91 Å². The van der Waals surface area contributed by atoms with Gasteiger partial charge in [-0.2, -0.15) is 0 Å². The van der Waals surface area contributed by atoms with Gasteiger partial charge >= 0.3 is 0 Å². The molecule has 0 unspecified atom stereocenters. The highest BCUT2D eigenvalue weighted by Crippen LogP contribution is 2.18. The first kappa shape index (κ1) is 16.5. The van der Waals surface area contributed by atoms with E-state index in [4.69, 9.17) is 0 Å². The molecule has 1 N–H and O–H groups in total. The van der Waals surface area contributed by atoms with Crippen molar-refractivity contribution in [2.75, 3.05) is 6.54 Å². The van der Waals surface area contributed by atoms with Crippen LogP contribution in [0.15, 0.2) is 34.7 Å². The van der Waals surface area contributed by atoms with Gasteiger partial charge in [-0.05, 0) is 30.0 Å². The van der Waals surface area contributed by atoms with Crippen molar-refractivity contribution in [3.8, 4) is 0 Å². The van der Waals surface area contributed by atoms with Crippen LogP contribution < -0.4 is 10.9 Å². The molecule has 0 aliphatic rings. The van der Waals surface area contributed by atoms with E-state index < -0.39 is 0 Å². The van der Waals surface area contributed by atoms with Gasteiger partial charge in [0.05, 0.1) is 23.1 Å².